The topological polar surface area (TPSA) is 29.9 Å². The van der Waals surface area contributed by atoms with Gasteiger partial charge in [-0.25, -0.2) is 0 Å². The van der Waals surface area contributed by atoms with Crippen molar-refractivity contribution in [2.45, 2.75) is 40.3 Å². The minimum Gasteiger partial charge on any atom is -0.313 e. The van der Waals surface area contributed by atoms with Crippen molar-refractivity contribution in [2.24, 2.45) is 0 Å². The zero-order valence-electron chi connectivity index (χ0n) is 12.1. The van der Waals surface area contributed by atoms with E-state index in [-0.39, 0.29) is 0 Å². The Morgan fingerprint density at radius 1 is 1.21 bits per heavy atom. The third-order valence-electron chi connectivity index (χ3n) is 3.30. The van der Waals surface area contributed by atoms with E-state index in [4.69, 9.17) is 0 Å². The first-order valence-electron chi connectivity index (χ1n) is 7.08. The minimum absolute atomic E-state index is 0.936. The first kappa shape index (κ1) is 13.8. The molecule has 0 atom stereocenters. The summed E-state index contributed by atoms with van der Waals surface area (Å²) >= 11 is 0. The number of hydrogen-bond acceptors (Lipinski definition) is 2. The summed E-state index contributed by atoms with van der Waals surface area (Å²) in [6.07, 6.45) is 2.99. The Bertz CT molecular complexity index is 529. The molecule has 0 saturated carbocycles. The van der Waals surface area contributed by atoms with Crippen LogP contribution in [0.5, 0.6) is 0 Å². The zero-order chi connectivity index (χ0) is 13.7. The first-order valence-corrected chi connectivity index (χ1v) is 7.08. The number of aryl methyl sites for hydroxylation is 2. The van der Waals surface area contributed by atoms with E-state index in [1.54, 1.807) is 0 Å². The molecule has 1 N–H and O–H groups in total. The predicted molar refractivity (Wildman–Crippen MR) is 80.1 cm³/mol. The Balaban J connectivity index is 2.27. The van der Waals surface area contributed by atoms with Crippen LogP contribution < -0.4 is 5.32 Å². The van der Waals surface area contributed by atoms with Crippen LogP contribution in [0.3, 0.4) is 0 Å². The summed E-state index contributed by atoms with van der Waals surface area (Å²) in [5, 5.41) is 7.76. The lowest BCUT2D eigenvalue weighted by Gasteiger charge is -2.11. The molecule has 2 rings (SSSR count). The monoisotopic (exact) mass is 257 g/mol. The highest BCUT2D eigenvalue weighted by molar-refractivity contribution is 5.64. The van der Waals surface area contributed by atoms with E-state index in [0.717, 1.165) is 26.1 Å². The van der Waals surface area contributed by atoms with Gasteiger partial charge in [-0.15, -0.1) is 0 Å². The second-order valence-corrected chi connectivity index (χ2v) is 4.87. The average molecular weight is 257 g/mol. The molecule has 1 heterocycles. The van der Waals surface area contributed by atoms with Gasteiger partial charge in [-0.2, -0.15) is 5.10 Å². The second-order valence-electron chi connectivity index (χ2n) is 4.87. The third kappa shape index (κ3) is 3.24. The van der Waals surface area contributed by atoms with E-state index in [2.05, 4.69) is 60.1 Å². The number of nitrogens with one attached hydrogen (secondary N) is 1. The number of benzene rings is 1. The van der Waals surface area contributed by atoms with Crippen LogP contribution in [0.15, 0.2) is 30.5 Å². The fourth-order valence-electron chi connectivity index (χ4n) is 2.34. The standard InChI is InChI=1S/C16H23N3/c1-4-10-19-16(8-9-18-19)15-7-6-14(11-13(15)3)12-17-5-2/h6-9,11,17H,4-5,10,12H2,1-3H3. The maximum Gasteiger partial charge on any atom is 0.0684 e. The molecule has 0 radical (unpaired) electrons. The number of aromatic nitrogens is 2. The van der Waals surface area contributed by atoms with Gasteiger partial charge in [0.1, 0.15) is 0 Å². The van der Waals surface area contributed by atoms with Crippen LogP contribution in [0.1, 0.15) is 31.4 Å². The van der Waals surface area contributed by atoms with Crippen molar-refractivity contribution in [1.29, 1.82) is 0 Å². The normalized spacial score (nSPS) is 10.9. The molecule has 1 aromatic heterocycles. The summed E-state index contributed by atoms with van der Waals surface area (Å²) in [4.78, 5) is 0. The van der Waals surface area contributed by atoms with E-state index in [1.807, 2.05) is 6.20 Å². The van der Waals surface area contributed by atoms with Crippen molar-refractivity contribution in [3.8, 4) is 11.3 Å². The highest BCUT2D eigenvalue weighted by Gasteiger charge is 2.08. The molecule has 3 nitrogen and oxygen atoms in total. The Kier molecular flexibility index (Phi) is 4.74. The van der Waals surface area contributed by atoms with E-state index >= 15 is 0 Å². The average Bonchev–Trinajstić information content (AvgIpc) is 2.85. The lowest BCUT2D eigenvalue weighted by molar-refractivity contribution is 0.609. The lowest BCUT2D eigenvalue weighted by atomic mass is 10.0. The smallest absolute Gasteiger partial charge is 0.0684 e. The van der Waals surface area contributed by atoms with Crippen LogP contribution in [0.2, 0.25) is 0 Å². The van der Waals surface area contributed by atoms with E-state index in [0.29, 0.717) is 0 Å². The van der Waals surface area contributed by atoms with Gasteiger partial charge in [0.15, 0.2) is 0 Å². The van der Waals surface area contributed by atoms with Crippen molar-refractivity contribution in [3.63, 3.8) is 0 Å². The van der Waals surface area contributed by atoms with Gasteiger partial charge in [0.2, 0.25) is 0 Å². The van der Waals surface area contributed by atoms with Crippen molar-refractivity contribution in [1.82, 2.24) is 15.1 Å². The minimum atomic E-state index is 0.936. The molecule has 19 heavy (non-hydrogen) atoms. The quantitative estimate of drug-likeness (QED) is 0.859. The molecule has 0 aliphatic carbocycles. The van der Waals surface area contributed by atoms with Crippen LogP contribution in [0, 0.1) is 6.92 Å². The van der Waals surface area contributed by atoms with Gasteiger partial charge in [0.05, 0.1) is 5.69 Å². The van der Waals surface area contributed by atoms with Crippen molar-refractivity contribution in [3.05, 3.63) is 41.6 Å². The summed E-state index contributed by atoms with van der Waals surface area (Å²) in [7, 11) is 0. The number of hydrogen-bond donors (Lipinski definition) is 1. The SMILES string of the molecule is CCCn1nccc1-c1ccc(CNCC)cc1C. The highest BCUT2D eigenvalue weighted by atomic mass is 15.3. The Labute approximate surface area is 115 Å². The van der Waals surface area contributed by atoms with Crippen LogP contribution in [-0.2, 0) is 13.1 Å². The van der Waals surface area contributed by atoms with E-state index < -0.39 is 0 Å². The molecule has 0 fully saturated rings. The molecule has 3 heteroatoms. The van der Waals surface area contributed by atoms with Crippen LogP contribution in [0.4, 0.5) is 0 Å². The Morgan fingerprint density at radius 2 is 2.05 bits per heavy atom. The molecule has 0 saturated heterocycles. The van der Waals surface area contributed by atoms with E-state index in [9.17, 15) is 0 Å². The maximum absolute atomic E-state index is 4.40. The summed E-state index contributed by atoms with van der Waals surface area (Å²) in [6.45, 7) is 9.40. The molecule has 0 aliphatic rings. The second kappa shape index (κ2) is 6.53. The molecule has 1 aromatic carbocycles. The third-order valence-corrected chi connectivity index (χ3v) is 3.30. The van der Waals surface area contributed by atoms with Crippen LogP contribution in [0.25, 0.3) is 11.3 Å². The van der Waals surface area contributed by atoms with Gasteiger partial charge < -0.3 is 5.32 Å². The number of nitrogens with zero attached hydrogens (tertiary/aromatic N) is 2. The Hall–Kier alpha value is -1.61. The summed E-state index contributed by atoms with van der Waals surface area (Å²) in [6, 6.07) is 8.78. The summed E-state index contributed by atoms with van der Waals surface area (Å²) in [5.74, 6) is 0. The van der Waals surface area contributed by atoms with Gasteiger partial charge >= 0.3 is 0 Å². The van der Waals surface area contributed by atoms with Gasteiger partial charge in [-0.1, -0.05) is 32.0 Å². The van der Waals surface area contributed by atoms with Gasteiger partial charge in [-0.3, -0.25) is 4.68 Å². The van der Waals surface area contributed by atoms with Gasteiger partial charge in [0, 0.05) is 24.8 Å². The molecule has 0 amide bonds. The molecular formula is C16H23N3. The van der Waals surface area contributed by atoms with Gasteiger partial charge in [-0.05, 0) is 37.1 Å². The molecule has 0 bridgehead atoms. The summed E-state index contributed by atoms with van der Waals surface area (Å²) < 4.78 is 2.09. The van der Waals surface area contributed by atoms with Crippen molar-refractivity contribution >= 4 is 0 Å². The zero-order valence-corrected chi connectivity index (χ0v) is 12.1. The predicted octanol–water partition coefficient (Wildman–Crippen LogP) is 3.38. The largest absolute Gasteiger partial charge is 0.313 e. The number of rotatable bonds is 6. The van der Waals surface area contributed by atoms with Crippen molar-refractivity contribution in [2.75, 3.05) is 6.54 Å². The maximum atomic E-state index is 4.40. The van der Waals surface area contributed by atoms with Crippen LogP contribution in [-0.4, -0.2) is 16.3 Å². The van der Waals surface area contributed by atoms with Gasteiger partial charge in [0.25, 0.3) is 0 Å². The summed E-state index contributed by atoms with van der Waals surface area (Å²) in [5.41, 5.74) is 5.15. The Morgan fingerprint density at radius 3 is 2.74 bits per heavy atom. The van der Waals surface area contributed by atoms with E-state index in [1.165, 1.54) is 22.4 Å². The highest BCUT2D eigenvalue weighted by Crippen LogP contribution is 2.24. The van der Waals surface area contributed by atoms with Crippen molar-refractivity contribution < 1.29 is 0 Å². The fraction of sp³-hybridized carbons (Fsp3) is 0.438. The molecule has 0 spiro atoms. The first-order chi connectivity index (χ1) is 9.26. The molecule has 2 aromatic rings. The fourth-order valence-corrected chi connectivity index (χ4v) is 2.34. The molecular weight excluding hydrogens is 234 g/mol. The molecule has 0 unspecified atom stereocenters. The lowest BCUT2D eigenvalue weighted by Crippen LogP contribution is -2.11. The van der Waals surface area contributed by atoms with Crippen LogP contribution >= 0.6 is 0 Å². The molecule has 0 aliphatic heterocycles. The molecule has 102 valence electrons.